The molecule has 0 atom stereocenters. The van der Waals surface area contributed by atoms with Gasteiger partial charge in [-0.3, -0.25) is 0 Å². The Morgan fingerprint density at radius 2 is 0.865 bits per heavy atom. The summed E-state index contributed by atoms with van der Waals surface area (Å²) in [6, 6.07) is 59.0. The first-order valence-corrected chi connectivity index (χ1v) is 18.8. The molecule has 0 unspecified atom stereocenters. The van der Waals surface area contributed by atoms with Crippen LogP contribution in [0.2, 0.25) is 0 Å². The minimum atomic E-state index is 0.629. The number of thiophene rings is 1. The third kappa shape index (κ3) is 5.46. The summed E-state index contributed by atoms with van der Waals surface area (Å²) in [6.45, 7) is 0. The second kappa shape index (κ2) is 12.8. The minimum Gasteiger partial charge on any atom is -0.236 e. The zero-order valence-electron chi connectivity index (χ0n) is 27.8. The molecule has 0 saturated heterocycles. The van der Waals surface area contributed by atoms with Gasteiger partial charge in [0.05, 0.1) is 10.2 Å². The van der Waals surface area contributed by atoms with Gasteiger partial charge in [0.2, 0.25) is 0 Å². The highest BCUT2D eigenvalue weighted by Gasteiger charge is 2.19. The number of hydrogen-bond donors (Lipinski definition) is 0. The Hall–Kier alpha value is -6.34. The van der Waals surface area contributed by atoms with Crippen LogP contribution in [0.5, 0.6) is 0 Å². The van der Waals surface area contributed by atoms with Gasteiger partial charge in [0, 0.05) is 48.0 Å². The smallest absolute Gasteiger partial charge is 0.164 e. The number of hydrogen-bond acceptors (Lipinski definition) is 6. The molecule has 0 amide bonds. The lowest BCUT2D eigenvalue weighted by Gasteiger charge is -2.11. The molecule has 0 aliphatic carbocycles. The van der Waals surface area contributed by atoms with Crippen LogP contribution in [-0.4, -0.2) is 19.9 Å². The summed E-state index contributed by atoms with van der Waals surface area (Å²) < 4.78 is 3.75. The van der Waals surface area contributed by atoms with Crippen LogP contribution in [0.4, 0.5) is 0 Å². The summed E-state index contributed by atoms with van der Waals surface area (Å²) in [5.41, 5.74) is 9.46. The number of nitrogens with zero attached hydrogens (tertiary/aromatic N) is 4. The van der Waals surface area contributed by atoms with Crippen LogP contribution in [0, 0.1) is 0 Å². The van der Waals surface area contributed by atoms with E-state index in [0.717, 1.165) is 55.0 Å². The van der Waals surface area contributed by atoms with Gasteiger partial charge < -0.3 is 0 Å². The normalized spacial score (nSPS) is 11.5. The highest BCUT2D eigenvalue weighted by Crippen LogP contribution is 2.47. The van der Waals surface area contributed by atoms with Crippen LogP contribution in [0.25, 0.3) is 97.4 Å². The molecule has 0 bridgehead atoms. The zero-order chi connectivity index (χ0) is 34.4. The van der Waals surface area contributed by atoms with E-state index >= 15 is 0 Å². The predicted octanol–water partition coefficient (Wildman–Crippen LogP) is 12.9. The first-order chi connectivity index (χ1) is 25.7. The first kappa shape index (κ1) is 30.5. The Labute approximate surface area is 308 Å². The maximum atomic E-state index is 5.20. The van der Waals surface area contributed by atoms with E-state index in [1.807, 2.05) is 53.8 Å². The molecule has 10 aromatic rings. The fourth-order valence-electron chi connectivity index (χ4n) is 6.84. The first-order valence-electron chi connectivity index (χ1n) is 17.1. The Balaban J connectivity index is 1.15. The quantitative estimate of drug-likeness (QED) is 0.173. The highest BCUT2D eigenvalue weighted by molar-refractivity contribution is 7.28. The van der Waals surface area contributed by atoms with Crippen molar-refractivity contribution in [1.82, 2.24) is 19.9 Å². The van der Waals surface area contributed by atoms with Crippen molar-refractivity contribution in [1.29, 1.82) is 0 Å². The maximum absolute atomic E-state index is 5.20. The van der Waals surface area contributed by atoms with Gasteiger partial charge in [0.25, 0.3) is 0 Å². The van der Waals surface area contributed by atoms with Crippen molar-refractivity contribution in [3.05, 3.63) is 170 Å². The third-order valence-corrected chi connectivity index (χ3v) is 11.7. The number of rotatable bonds is 6. The molecule has 0 spiro atoms. The van der Waals surface area contributed by atoms with Crippen LogP contribution in [0.3, 0.4) is 0 Å². The molecular formula is C46H28N4S2. The van der Waals surface area contributed by atoms with E-state index in [0.29, 0.717) is 17.5 Å². The van der Waals surface area contributed by atoms with Gasteiger partial charge in [0.15, 0.2) is 17.5 Å². The molecule has 7 aromatic carbocycles. The number of fused-ring (bicyclic) bond motifs is 5. The Morgan fingerprint density at radius 1 is 0.346 bits per heavy atom. The molecule has 52 heavy (non-hydrogen) atoms. The van der Waals surface area contributed by atoms with Crippen LogP contribution >= 0.6 is 22.7 Å². The molecule has 0 fully saturated rings. The lowest BCUT2D eigenvalue weighted by Crippen LogP contribution is -2.00. The molecule has 3 aromatic heterocycles. The Morgan fingerprint density at radius 3 is 1.56 bits per heavy atom. The van der Waals surface area contributed by atoms with Crippen molar-refractivity contribution in [3.63, 3.8) is 0 Å². The molecule has 0 aliphatic heterocycles. The number of benzene rings is 7. The van der Waals surface area contributed by atoms with Gasteiger partial charge in [-0.15, -0.1) is 22.7 Å². The van der Waals surface area contributed by atoms with Gasteiger partial charge in [-0.1, -0.05) is 146 Å². The summed E-state index contributed by atoms with van der Waals surface area (Å²) >= 11 is 3.61. The fourth-order valence-corrected chi connectivity index (χ4v) is 9.26. The van der Waals surface area contributed by atoms with Crippen molar-refractivity contribution in [2.45, 2.75) is 0 Å². The monoisotopic (exact) mass is 700 g/mol. The van der Waals surface area contributed by atoms with Gasteiger partial charge in [-0.2, -0.15) is 0 Å². The van der Waals surface area contributed by atoms with Crippen molar-refractivity contribution >= 4 is 53.1 Å². The van der Waals surface area contributed by atoms with Crippen molar-refractivity contribution in [2.75, 3.05) is 0 Å². The summed E-state index contributed by atoms with van der Waals surface area (Å²) in [6.07, 6.45) is 0. The summed E-state index contributed by atoms with van der Waals surface area (Å²) in [5, 5.41) is 3.56. The van der Waals surface area contributed by atoms with Crippen LogP contribution in [0.1, 0.15) is 0 Å². The zero-order valence-corrected chi connectivity index (χ0v) is 29.4. The van der Waals surface area contributed by atoms with Gasteiger partial charge >= 0.3 is 0 Å². The molecule has 4 nitrogen and oxygen atoms in total. The lowest BCUT2D eigenvalue weighted by atomic mass is 9.99. The summed E-state index contributed by atoms with van der Waals surface area (Å²) in [4.78, 5) is 20.4. The van der Waals surface area contributed by atoms with E-state index in [-0.39, 0.29) is 0 Å². The number of thiazole rings is 1. The SMILES string of the molecule is c1ccc(-c2cccc(-c3nc(-c4ccccc4)nc(-c4cccc(-c5cc6nc(-c7ccccc7)sc6c6c5sc5ccccc56)c4)n3)c2)cc1. The molecule has 10 rings (SSSR count). The molecule has 0 radical (unpaired) electrons. The largest absolute Gasteiger partial charge is 0.236 e. The van der Waals surface area contributed by atoms with E-state index in [1.54, 1.807) is 11.3 Å². The lowest BCUT2D eigenvalue weighted by molar-refractivity contribution is 1.07. The molecule has 0 N–H and O–H groups in total. The number of aromatic nitrogens is 4. The van der Waals surface area contributed by atoms with E-state index in [1.165, 1.54) is 24.9 Å². The molecule has 0 saturated carbocycles. The van der Waals surface area contributed by atoms with E-state index in [2.05, 4.69) is 127 Å². The van der Waals surface area contributed by atoms with Gasteiger partial charge in [0.1, 0.15) is 5.01 Å². The topological polar surface area (TPSA) is 51.6 Å². The summed E-state index contributed by atoms with van der Waals surface area (Å²) in [5.74, 6) is 1.90. The average Bonchev–Trinajstić information content (AvgIpc) is 3.84. The average molecular weight is 701 g/mol. The molecule has 244 valence electrons. The van der Waals surface area contributed by atoms with Crippen LogP contribution in [0.15, 0.2) is 170 Å². The van der Waals surface area contributed by atoms with Crippen LogP contribution < -0.4 is 0 Å². The maximum Gasteiger partial charge on any atom is 0.164 e. The predicted molar refractivity (Wildman–Crippen MR) is 219 cm³/mol. The molecular weight excluding hydrogens is 673 g/mol. The Bertz CT molecular complexity index is 2900. The van der Waals surface area contributed by atoms with Crippen molar-refractivity contribution in [2.24, 2.45) is 0 Å². The van der Waals surface area contributed by atoms with E-state index < -0.39 is 0 Å². The van der Waals surface area contributed by atoms with Gasteiger partial charge in [-0.25, -0.2) is 19.9 Å². The van der Waals surface area contributed by atoms with E-state index in [4.69, 9.17) is 19.9 Å². The fraction of sp³-hybridized carbons (Fsp3) is 0. The minimum absolute atomic E-state index is 0.629. The second-order valence-corrected chi connectivity index (χ2v) is 14.7. The Kier molecular flexibility index (Phi) is 7.48. The van der Waals surface area contributed by atoms with Crippen molar-refractivity contribution in [3.8, 4) is 67.0 Å². The van der Waals surface area contributed by atoms with E-state index in [9.17, 15) is 0 Å². The van der Waals surface area contributed by atoms with Gasteiger partial charge in [-0.05, 0) is 41.0 Å². The second-order valence-electron chi connectivity index (χ2n) is 12.7. The highest BCUT2D eigenvalue weighted by atomic mass is 32.1. The van der Waals surface area contributed by atoms with Crippen LogP contribution in [-0.2, 0) is 0 Å². The summed E-state index contributed by atoms with van der Waals surface area (Å²) in [7, 11) is 0. The molecule has 6 heteroatoms. The molecule has 3 heterocycles. The third-order valence-electron chi connectivity index (χ3n) is 9.35. The van der Waals surface area contributed by atoms with Crippen molar-refractivity contribution < 1.29 is 0 Å². The standard InChI is InChI=1S/C46H28N4S2/c1-4-14-29(15-5-1)32-20-12-22-34(26-32)44-48-43(30-16-6-2-7-17-30)49-45(50-44)35-23-13-21-33(27-35)37-28-38-42(52-46(47-38)31-18-8-3-9-19-31)40-36-24-10-11-25-39(36)51-41(37)40/h1-28H. The molecule has 0 aliphatic rings.